The fourth-order valence-electron chi connectivity index (χ4n) is 1.89. The summed E-state index contributed by atoms with van der Waals surface area (Å²) in [6.45, 7) is 4.06. The van der Waals surface area contributed by atoms with Gasteiger partial charge in [-0.2, -0.15) is 0 Å². The minimum atomic E-state index is -0.901. The molecule has 7 heteroatoms. The van der Waals surface area contributed by atoms with Crippen LogP contribution in [0.3, 0.4) is 0 Å². The van der Waals surface area contributed by atoms with E-state index in [-0.39, 0.29) is 6.54 Å². The molecular formula is C10H17N3O4. The summed E-state index contributed by atoms with van der Waals surface area (Å²) in [5.41, 5.74) is 4.02. The minimum Gasteiger partial charge on any atom is -0.481 e. The van der Waals surface area contributed by atoms with Gasteiger partial charge in [-0.1, -0.05) is 0 Å². The lowest BCUT2D eigenvalue weighted by molar-refractivity contribution is -0.147. The van der Waals surface area contributed by atoms with E-state index in [1.165, 1.54) is 0 Å². The topological polar surface area (TPSA) is 113 Å². The standard InChI is InChI=1S/C10H17N3O4/c1-6(7(14)12-9(11)17)13-4-3-10(2,5-13)8(15)16/h6H,3-5H2,1-2H3,(H,15,16)(H3,11,12,14,17). The van der Waals surface area contributed by atoms with Gasteiger partial charge in [-0.3, -0.25) is 19.8 Å². The number of carbonyl (C=O) groups excluding carboxylic acids is 2. The summed E-state index contributed by atoms with van der Waals surface area (Å²) in [7, 11) is 0. The minimum absolute atomic E-state index is 0.287. The van der Waals surface area contributed by atoms with E-state index < -0.39 is 29.4 Å². The molecule has 0 aliphatic carbocycles. The Bertz CT molecular complexity index is 357. The summed E-state index contributed by atoms with van der Waals surface area (Å²) < 4.78 is 0. The fourth-order valence-corrected chi connectivity index (χ4v) is 1.89. The van der Waals surface area contributed by atoms with Gasteiger partial charge in [-0.15, -0.1) is 0 Å². The molecule has 0 aromatic rings. The molecule has 2 atom stereocenters. The zero-order valence-corrected chi connectivity index (χ0v) is 9.90. The van der Waals surface area contributed by atoms with E-state index in [0.717, 1.165) is 0 Å². The lowest BCUT2D eigenvalue weighted by atomic mass is 9.90. The molecule has 0 saturated carbocycles. The van der Waals surface area contributed by atoms with Crippen molar-refractivity contribution in [2.75, 3.05) is 13.1 Å². The maximum atomic E-state index is 11.5. The molecule has 1 aliphatic rings. The maximum absolute atomic E-state index is 11.5. The monoisotopic (exact) mass is 243 g/mol. The molecule has 96 valence electrons. The molecule has 1 aliphatic heterocycles. The average Bonchev–Trinajstić information content (AvgIpc) is 2.60. The van der Waals surface area contributed by atoms with Crippen molar-refractivity contribution < 1.29 is 19.5 Å². The number of carboxylic acids is 1. The number of nitrogens with two attached hydrogens (primary N) is 1. The van der Waals surface area contributed by atoms with E-state index in [1.807, 2.05) is 5.32 Å². The number of likely N-dealkylation sites (tertiary alicyclic amines) is 1. The third-order valence-corrected chi connectivity index (χ3v) is 3.19. The molecule has 7 nitrogen and oxygen atoms in total. The SMILES string of the molecule is CC(C(=O)NC(N)=O)N1CCC(C)(C(=O)O)C1. The molecule has 0 bridgehead atoms. The third kappa shape index (κ3) is 2.94. The van der Waals surface area contributed by atoms with Gasteiger partial charge in [0.05, 0.1) is 11.5 Å². The van der Waals surface area contributed by atoms with Gasteiger partial charge >= 0.3 is 12.0 Å². The second-order valence-corrected chi connectivity index (χ2v) is 4.62. The van der Waals surface area contributed by atoms with Crippen LogP contribution in [0.25, 0.3) is 0 Å². The van der Waals surface area contributed by atoms with E-state index in [1.54, 1.807) is 18.7 Å². The fraction of sp³-hybridized carbons (Fsp3) is 0.700. The van der Waals surface area contributed by atoms with Crippen LogP contribution in [0, 0.1) is 5.41 Å². The highest BCUT2D eigenvalue weighted by Crippen LogP contribution is 2.31. The predicted molar refractivity (Wildman–Crippen MR) is 59.1 cm³/mol. The number of carboxylic acid groups (broad SMARTS) is 1. The van der Waals surface area contributed by atoms with E-state index in [0.29, 0.717) is 13.0 Å². The van der Waals surface area contributed by atoms with Crippen LogP contribution in [-0.2, 0) is 9.59 Å². The molecule has 0 spiro atoms. The van der Waals surface area contributed by atoms with Crippen LogP contribution < -0.4 is 11.1 Å². The van der Waals surface area contributed by atoms with Gasteiger partial charge in [0.15, 0.2) is 0 Å². The zero-order valence-electron chi connectivity index (χ0n) is 9.90. The first-order valence-electron chi connectivity index (χ1n) is 5.34. The van der Waals surface area contributed by atoms with Crippen molar-refractivity contribution in [1.82, 2.24) is 10.2 Å². The smallest absolute Gasteiger partial charge is 0.318 e. The number of rotatable bonds is 3. The lowest BCUT2D eigenvalue weighted by Gasteiger charge is -2.24. The van der Waals surface area contributed by atoms with Crippen LogP contribution >= 0.6 is 0 Å². The molecule has 0 aromatic heterocycles. The Morgan fingerprint density at radius 3 is 2.47 bits per heavy atom. The summed E-state index contributed by atoms with van der Waals surface area (Å²) in [6.07, 6.45) is 0.483. The quantitative estimate of drug-likeness (QED) is 0.610. The molecular weight excluding hydrogens is 226 g/mol. The molecule has 1 fully saturated rings. The first-order valence-corrected chi connectivity index (χ1v) is 5.34. The highest BCUT2D eigenvalue weighted by atomic mass is 16.4. The molecule has 0 radical (unpaired) electrons. The number of aliphatic carboxylic acids is 1. The van der Waals surface area contributed by atoms with Crippen LogP contribution in [0.2, 0.25) is 0 Å². The molecule has 0 aromatic carbocycles. The Balaban J connectivity index is 2.62. The summed E-state index contributed by atoms with van der Waals surface area (Å²) in [5.74, 6) is -1.38. The van der Waals surface area contributed by atoms with Crippen molar-refractivity contribution in [2.45, 2.75) is 26.3 Å². The van der Waals surface area contributed by atoms with Crippen molar-refractivity contribution in [1.29, 1.82) is 0 Å². The van der Waals surface area contributed by atoms with Gasteiger partial charge in [0.25, 0.3) is 0 Å². The number of imide groups is 1. The number of nitrogens with zero attached hydrogens (tertiary/aromatic N) is 1. The predicted octanol–water partition coefficient (Wildman–Crippen LogP) is -0.634. The first-order chi connectivity index (χ1) is 7.76. The Morgan fingerprint density at radius 1 is 1.47 bits per heavy atom. The van der Waals surface area contributed by atoms with E-state index in [9.17, 15) is 14.4 Å². The number of carbonyl (C=O) groups is 3. The van der Waals surface area contributed by atoms with Gasteiger partial charge in [0.2, 0.25) is 5.91 Å². The van der Waals surface area contributed by atoms with Gasteiger partial charge in [0.1, 0.15) is 0 Å². The van der Waals surface area contributed by atoms with Crippen molar-refractivity contribution in [3.05, 3.63) is 0 Å². The lowest BCUT2D eigenvalue weighted by Crippen LogP contribution is -2.48. The number of hydrogen-bond donors (Lipinski definition) is 3. The summed E-state index contributed by atoms with van der Waals surface area (Å²) in [5, 5.41) is 11.0. The summed E-state index contributed by atoms with van der Waals surface area (Å²) >= 11 is 0. The largest absolute Gasteiger partial charge is 0.481 e. The van der Waals surface area contributed by atoms with Gasteiger partial charge in [-0.25, -0.2) is 4.79 Å². The van der Waals surface area contributed by atoms with E-state index in [2.05, 4.69) is 0 Å². The Kier molecular flexibility index (Phi) is 3.72. The molecule has 4 N–H and O–H groups in total. The molecule has 1 heterocycles. The number of hydrogen-bond acceptors (Lipinski definition) is 4. The first kappa shape index (κ1) is 13.4. The number of urea groups is 1. The number of amides is 3. The zero-order chi connectivity index (χ0) is 13.2. The van der Waals surface area contributed by atoms with Crippen molar-refractivity contribution in [2.24, 2.45) is 11.1 Å². The Hall–Kier alpha value is -1.63. The van der Waals surface area contributed by atoms with Crippen LogP contribution in [0.15, 0.2) is 0 Å². The normalized spacial score (nSPS) is 26.5. The second kappa shape index (κ2) is 4.70. The van der Waals surface area contributed by atoms with E-state index in [4.69, 9.17) is 10.8 Å². The molecule has 2 unspecified atom stereocenters. The summed E-state index contributed by atoms with van der Waals surface area (Å²) in [4.78, 5) is 34.8. The van der Waals surface area contributed by atoms with Crippen molar-refractivity contribution in [3.63, 3.8) is 0 Å². The van der Waals surface area contributed by atoms with Gasteiger partial charge < -0.3 is 10.8 Å². The highest BCUT2D eigenvalue weighted by Gasteiger charge is 2.42. The van der Waals surface area contributed by atoms with Gasteiger partial charge in [0, 0.05) is 13.1 Å². The van der Waals surface area contributed by atoms with Crippen LogP contribution in [-0.4, -0.2) is 47.0 Å². The maximum Gasteiger partial charge on any atom is 0.318 e. The van der Waals surface area contributed by atoms with Crippen LogP contribution in [0.1, 0.15) is 20.3 Å². The molecule has 17 heavy (non-hydrogen) atoms. The average molecular weight is 243 g/mol. The highest BCUT2D eigenvalue weighted by molar-refractivity contribution is 5.96. The van der Waals surface area contributed by atoms with E-state index >= 15 is 0 Å². The molecule has 3 amide bonds. The van der Waals surface area contributed by atoms with Crippen LogP contribution in [0.4, 0.5) is 4.79 Å². The molecule has 1 saturated heterocycles. The number of primary amides is 1. The Morgan fingerprint density at radius 2 is 2.06 bits per heavy atom. The second-order valence-electron chi connectivity index (χ2n) is 4.62. The third-order valence-electron chi connectivity index (χ3n) is 3.19. The van der Waals surface area contributed by atoms with Gasteiger partial charge in [-0.05, 0) is 20.3 Å². The van der Waals surface area contributed by atoms with Crippen LogP contribution in [0.5, 0.6) is 0 Å². The van der Waals surface area contributed by atoms with Crippen molar-refractivity contribution >= 4 is 17.9 Å². The number of nitrogens with one attached hydrogen (secondary N) is 1. The molecule has 1 rings (SSSR count). The van der Waals surface area contributed by atoms with Crippen molar-refractivity contribution in [3.8, 4) is 0 Å². The Labute approximate surface area is 98.9 Å². The summed E-state index contributed by atoms with van der Waals surface area (Å²) in [6, 6.07) is -1.47.